The van der Waals surface area contributed by atoms with E-state index in [9.17, 15) is 13.2 Å². The summed E-state index contributed by atoms with van der Waals surface area (Å²) in [7, 11) is -2.74. The molecule has 1 atom stereocenters. The van der Waals surface area contributed by atoms with Crippen molar-refractivity contribution in [3.63, 3.8) is 0 Å². The number of carbonyl (C=O) groups is 1. The fourth-order valence-corrected chi connectivity index (χ4v) is 0.453. The highest BCUT2D eigenvalue weighted by Gasteiger charge is 2.09. The van der Waals surface area contributed by atoms with Crippen LogP contribution < -0.4 is 11.2 Å². The molecular weight excluding hydrogens is 183 g/mol. The Bertz CT molecular complexity index is 210. The van der Waals surface area contributed by atoms with Crippen LogP contribution in [0.3, 0.4) is 0 Å². The fraction of sp³-hybridized carbons (Fsp3) is 0. The number of rotatable bonds is 3. The Morgan fingerprint density at radius 1 is 1.60 bits per heavy atom. The van der Waals surface area contributed by atoms with E-state index in [0.29, 0.717) is 0 Å². The summed E-state index contributed by atoms with van der Waals surface area (Å²) in [6.07, 6.45) is 0. The zero-order valence-corrected chi connectivity index (χ0v) is 6.58. The van der Waals surface area contributed by atoms with Crippen LogP contribution in [0.15, 0.2) is 0 Å². The second kappa shape index (κ2) is 3.67. The molecule has 0 aliphatic rings. The maximum absolute atomic E-state index is 10.2. The summed E-state index contributed by atoms with van der Waals surface area (Å²) in [5, 5.41) is 0. The molecule has 1 unspecified atom stereocenters. The van der Waals surface area contributed by atoms with Crippen molar-refractivity contribution < 1.29 is 21.5 Å². The monoisotopic (exact) mass is 188 g/mol. The van der Waals surface area contributed by atoms with Crippen LogP contribution in [0.1, 0.15) is 0 Å². The third-order valence-electron chi connectivity index (χ3n) is 0.362. The van der Waals surface area contributed by atoms with Gasteiger partial charge in [-0.15, -0.1) is 4.28 Å². The Kier molecular flexibility index (Phi) is 3.51. The Morgan fingerprint density at radius 3 is 2.40 bits per heavy atom. The summed E-state index contributed by atoms with van der Waals surface area (Å²) in [6.45, 7) is 0. The summed E-state index contributed by atoms with van der Waals surface area (Å²) in [4.78, 5) is 9.82. The number of carbonyl (C=O) groups excluding carboxylic acids is 1. The normalized spacial score (nSPS) is 10.9. The van der Waals surface area contributed by atoms with Crippen molar-refractivity contribution in [3.05, 3.63) is 0 Å². The summed E-state index contributed by atoms with van der Waals surface area (Å²) < 4.78 is 27.7. The summed E-state index contributed by atoms with van der Waals surface area (Å²) in [5.74, 6) is 0. The lowest BCUT2D eigenvalue weighted by Gasteiger charge is -1.98. The molecule has 0 saturated carbocycles. The molecule has 0 spiro atoms. The fourth-order valence-electron chi connectivity index (χ4n) is 0.112. The van der Waals surface area contributed by atoms with Gasteiger partial charge < -0.3 is 5.73 Å². The SMILES string of the molecule is NC(=O)NOS(=O)(=O)OP. The Hall–Kier alpha value is -0.430. The molecule has 0 saturated heterocycles. The molecule has 0 fully saturated rings. The van der Waals surface area contributed by atoms with E-state index >= 15 is 0 Å². The minimum absolute atomic E-state index is 1.13. The van der Waals surface area contributed by atoms with Gasteiger partial charge in [-0.2, -0.15) is 13.9 Å². The van der Waals surface area contributed by atoms with Crippen molar-refractivity contribution in [2.45, 2.75) is 0 Å². The highest BCUT2D eigenvalue weighted by Crippen LogP contribution is 1.97. The van der Waals surface area contributed by atoms with E-state index in [1.807, 2.05) is 0 Å². The molecule has 10 heavy (non-hydrogen) atoms. The lowest BCUT2D eigenvalue weighted by atomic mass is 11.2. The number of urea groups is 1. The van der Waals surface area contributed by atoms with Crippen LogP contribution in [0.5, 0.6) is 0 Å². The smallest absolute Gasteiger partial charge is 0.350 e. The van der Waals surface area contributed by atoms with E-state index in [4.69, 9.17) is 0 Å². The van der Waals surface area contributed by atoms with Crippen molar-refractivity contribution in [3.8, 4) is 0 Å². The zero-order chi connectivity index (χ0) is 8.20. The van der Waals surface area contributed by atoms with Crippen LogP contribution in [-0.2, 0) is 18.7 Å². The first-order valence-corrected chi connectivity index (χ1v) is 3.65. The van der Waals surface area contributed by atoms with Crippen molar-refractivity contribution in [1.82, 2.24) is 5.48 Å². The Labute approximate surface area is 59.4 Å². The van der Waals surface area contributed by atoms with E-state index in [2.05, 4.69) is 14.0 Å². The van der Waals surface area contributed by atoms with Crippen molar-refractivity contribution in [2.24, 2.45) is 5.73 Å². The second-order valence-corrected chi connectivity index (χ2v) is 2.81. The minimum Gasteiger partial charge on any atom is -0.350 e. The molecule has 0 rings (SSSR count). The molecule has 0 heterocycles. The van der Waals surface area contributed by atoms with Gasteiger partial charge in [0.1, 0.15) is 0 Å². The number of hydrogen-bond acceptors (Lipinski definition) is 5. The molecule has 0 aromatic heterocycles. The first kappa shape index (κ1) is 9.57. The van der Waals surface area contributed by atoms with E-state index in [1.165, 1.54) is 14.9 Å². The van der Waals surface area contributed by atoms with E-state index in [-0.39, 0.29) is 0 Å². The molecule has 60 valence electrons. The van der Waals surface area contributed by atoms with Crippen molar-refractivity contribution >= 4 is 25.9 Å². The second-order valence-electron chi connectivity index (χ2n) is 1.05. The molecule has 2 amide bonds. The topological polar surface area (TPSA) is 108 Å². The summed E-state index contributed by atoms with van der Waals surface area (Å²) in [5.41, 5.74) is 5.80. The van der Waals surface area contributed by atoms with Gasteiger partial charge in [-0.05, 0) is 0 Å². The predicted octanol–water partition coefficient (Wildman–Crippen LogP) is -1.36. The first-order valence-electron chi connectivity index (χ1n) is 1.85. The number of nitrogens with one attached hydrogen (secondary N) is 1. The van der Waals surface area contributed by atoms with Crippen LogP contribution in [-0.4, -0.2) is 14.4 Å². The van der Waals surface area contributed by atoms with Crippen LogP contribution in [0.4, 0.5) is 4.79 Å². The quantitative estimate of drug-likeness (QED) is 0.420. The van der Waals surface area contributed by atoms with Crippen molar-refractivity contribution in [1.29, 1.82) is 0 Å². The largest absolute Gasteiger partial charge is 0.423 e. The predicted molar refractivity (Wildman–Crippen MR) is 33.5 cm³/mol. The first-order chi connectivity index (χ1) is 4.48. The molecule has 0 aliphatic heterocycles. The Balaban J connectivity index is 3.81. The molecule has 3 N–H and O–H groups in total. The third-order valence-corrected chi connectivity index (χ3v) is 1.59. The maximum atomic E-state index is 10.2. The van der Waals surface area contributed by atoms with Gasteiger partial charge in [0.05, 0.1) is 0 Å². The molecule has 0 radical (unpaired) electrons. The molecule has 0 aromatic carbocycles. The Morgan fingerprint density at radius 2 is 2.10 bits per heavy atom. The number of primary amides is 1. The summed E-state index contributed by atoms with van der Waals surface area (Å²) in [6, 6.07) is -1.13. The number of hydrogen-bond donors (Lipinski definition) is 2. The average Bonchev–Trinajstić information content (AvgIpc) is 1.85. The number of nitrogens with two attached hydrogens (primary N) is 1. The molecule has 9 heteroatoms. The van der Waals surface area contributed by atoms with Crippen LogP contribution in [0.25, 0.3) is 0 Å². The van der Waals surface area contributed by atoms with Gasteiger partial charge in [0.15, 0.2) is 0 Å². The average molecular weight is 188 g/mol. The molecule has 0 aromatic rings. The third kappa shape index (κ3) is 4.45. The number of hydroxylamine groups is 1. The van der Waals surface area contributed by atoms with Gasteiger partial charge in [0, 0.05) is 9.47 Å². The minimum atomic E-state index is -4.16. The molecular formula is CH5N2O5PS. The maximum Gasteiger partial charge on any atom is 0.423 e. The zero-order valence-electron chi connectivity index (χ0n) is 4.60. The molecule has 0 aliphatic carbocycles. The lowest BCUT2D eigenvalue weighted by molar-refractivity contribution is 0.177. The van der Waals surface area contributed by atoms with E-state index in [1.54, 1.807) is 0 Å². The summed E-state index contributed by atoms with van der Waals surface area (Å²) >= 11 is 0. The highest BCUT2D eigenvalue weighted by molar-refractivity contribution is 7.84. The van der Waals surface area contributed by atoms with Gasteiger partial charge in [-0.25, -0.2) is 8.76 Å². The van der Waals surface area contributed by atoms with Gasteiger partial charge in [-0.3, -0.25) is 0 Å². The van der Waals surface area contributed by atoms with Crippen LogP contribution >= 0.6 is 9.47 Å². The van der Waals surface area contributed by atoms with Gasteiger partial charge in [-0.1, -0.05) is 0 Å². The lowest BCUT2D eigenvalue weighted by Crippen LogP contribution is -2.31. The highest BCUT2D eigenvalue weighted by atomic mass is 32.3. The van der Waals surface area contributed by atoms with Crippen molar-refractivity contribution in [2.75, 3.05) is 0 Å². The van der Waals surface area contributed by atoms with Gasteiger partial charge in [0.25, 0.3) is 0 Å². The van der Waals surface area contributed by atoms with Gasteiger partial charge >= 0.3 is 16.4 Å². The van der Waals surface area contributed by atoms with E-state index in [0.717, 1.165) is 0 Å². The molecule has 0 bridgehead atoms. The van der Waals surface area contributed by atoms with Crippen LogP contribution in [0, 0.1) is 0 Å². The van der Waals surface area contributed by atoms with Gasteiger partial charge in [0.2, 0.25) is 0 Å². The molecule has 7 nitrogen and oxygen atoms in total. The van der Waals surface area contributed by atoms with E-state index < -0.39 is 16.4 Å². The van der Waals surface area contributed by atoms with Crippen LogP contribution in [0.2, 0.25) is 0 Å². The standard InChI is InChI=1S/CH5N2O5PS/c2-1(4)3-7-10(5,6)8-9/h9H2,(H3,2,3,4). The number of amides is 2.